The van der Waals surface area contributed by atoms with Gasteiger partial charge in [0.05, 0.1) is 10.9 Å². The van der Waals surface area contributed by atoms with Crippen LogP contribution in [0.5, 0.6) is 5.75 Å². The lowest BCUT2D eigenvalue weighted by Crippen LogP contribution is -2.30. The van der Waals surface area contributed by atoms with Crippen molar-refractivity contribution in [3.05, 3.63) is 33.9 Å². The van der Waals surface area contributed by atoms with E-state index in [9.17, 15) is 27.9 Å². The summed E-state index contributed by atoms with van der Waals surface area (Å²) in [5.74, 6) is -3.56. The molecule has 2 saturated carbocycles. The highest BCUT2D eigenvalue weighted by molar-refractivity contribution is 5.97. The fourth-order valence-corrected chi connectivity index (χ4v) is 4.54. The smallest absolute Gasteiger partial charge is 0.387 e. The van der Waals surface area contributed by atoms with Gasteiger partial charge in [0.15, 0.2) is 11.6 Å². The number of pyridine rings is 1. The summed E-state index contributed by atoms with van der Waals surface area (Å²) in [6, 6.07) is 0.977. The van der Waals surface area contributed by atoms with Crippen molar-refractivity contribution in [1.29, 1.82) is 0 Å². The van der Waals surface area contributed by atoms with Crippen molar-refractivity contribution in [2.45, 2.75) is 50.6 Å². The fraction of sp³-hybridized carbons (Fsp3) is 0.545. The number of carbonyl (C=O) groups is 1. The van der Waals surface area contributed by atoms with Crippen LogP contribution in [0.2, 0.25) is 0 Å². The number of fused-ring (bicyclic) bond motifs is 1. The average molecular weight is 469 g/mol. The Labute approximate surface area is 185 Å². The Kier molecular flexibility index (Phi) is 5.46. The van der Waals surface area contributed by atoms with Crippen molar-refractivity contribution in [2.24, 2.45) is 5.92 Å². The molecule has 0 radical (unpaired) electrons. The molecule has 1 saturated heterocycles. The lowest BCUT2D eigenvalue weighted by Gasteiger charge is -2.25. The predicted octanol–water partition coefficient (Wildman–Crippen LogP) is 3.30. The molecule has 33 heavy (non-hydrogen) atoms. The van der Waals surface area contributed by atoms with Gasteiger partial charge in [0, 0.05) is 43.8 Å². The van der Waals surface area contributed by atoms with Crippen LogP contribution in [0, 0.1) is 11.7 Å². The molecule has 0 unspecified atom stereocenters. The fourth-order valence-electron chi connectivity index (χ4n) is 4.54. The highest BCUT2D eigenvalue weighted by Crippen LogP contribution is 2.45. The summed E-state index contributed by atoms with van der Waals surface area (Å²) in [5.41, 5.74) is -2.01. The quantitative estimate of drug-likeness (QED) is 0.578. The van der Waals surface area contributed by atoms with E-state index in [0.29, 0.717) is 25.4 Å². The largest absolute Gasteiger partial charge is 0.477 e. The van der Waals surface area contributed by atoms with Gasteiger partial charge in [0.1, 0.15) is 17.4 Å². The van der Waals surface area contributed by atoms with E-state index in [2.05, 4.69) is 5.32 Å². The maximum absolute atomic E-state index is 15.3. The Balaban J connectivity index is 1.65. The zero-order chi connectivity index (χ0) is 23.4. The van der Waals surface area contributed by atoms with Crippen LogP contribution in [0.15, 0.2) is 17.1 Å². The molecule has 2 atom stereocenters. The predicted molar refractivity (Wildman–Crippen MR) is 112 cm³/mol. The molecule has 1 aliphatic heterocycles. The topological polar surface area (TPSA) is 83.8 Å². The molecule has 3 fully saturated rings. The zero-order valence-corrected chi connectivity index (χ0v) is 17.6. The Morgan fingerprint density at radius 3 is 2.58 bits per heavy atom. The molecule has 0 amide bonds. The average Bonchev–Trinajstić information content (AvgIpc) is 3.65. The van der Waals surface area contributed by atoms with Gasteiger partial charge in [-0.15, -0.1) is 0 Å². The summed E-state index contributed by atoms with van der Waals surface area (Å²) >= 11 is 0. The third kappa shape index (κ3) is 4.14. The first-order valence-corrected chi connectivity index (χ1v) is 11.0. The van der Waals surface area contributed by atoms with Crippen molar-refractivity contribution in [3.63, 3.8) is 0 Å². The van der Waals surface area contributed by atoms with E-state index in [0.717, 1.165) is 25.1 Å². The first kappa shape index (κ1) is 22.0. The number of anilines is 1. The second kappa shape index (κ2) is 8.19. The second-order valence-corrected chi connectivity index (χ2v) is 8.99. The number of aromatic nitrogens is 1. The van der Waals surface area contributed by atoms with Gasteiger partial charge >= 0.3 is 12.6 Å². The molecular formula is C22H23F4N3O4. The van der Waals surface area contributed by atoms with Crippen molar-refractivity contribution in [2.75, 3.05) is 24.5 Å². The number of carboxylic acids is 1. The van der Waals surface area contributed by atoms with E-state index >= 15 is 4.39 Å². The number of rotatable bonds is 8. The van der Waals surface area contributed by atoms with Crippen molar-refractivity contribution in [1.82, 2.24) is 9.88 Å². The van der Waals surface area contributed by atoms with Crippen LogP contribution >= 0.6 is 0 Å². The second-order valence-electron chi connectivity index (χ2n) is 8.99. The number of halogens is 4. The number of carboxylic acid groups (broad SMARTS) is 1. The number of ether oxygens (including phenoxy) is 1. The van der Waals surface area contributed by atoms with Gasteiger partial charge in [0.2, 0.25) is 5.43 Å². The summed E-state index contributed by atoms with van der Waals surface area (Å²) in [4.78, 5) is 25.7. The molecule has 2 aromatic rings. The Morgan fingerprint density at radius 2 is 1.97 bits per heavy atom. The molecule has 0 spiro atoms. The normalized spacial score (nSPS) is 23.0. The SMILES string of the molecule is O=C(O)c1cn(C2CC2)c2c(OC(F)F)c(N3C[C@H](CNC4CC4)[C@H](F)C3)c(F)cc2c1=O. The Morgan fingerprint density at radius 1 is 1.24 bits per heavy atom. The van der Waals surface area contributed by atoms with Crippen molar-refractivity contribution in [3.8, 4) is 5.75 Å². The molecule has 2 aliphatic carbocycles. The molecular weight excluding hydrogens is 446 g/mol. The molecule has 7 nitrogen and oxygen atoms in total. The summed E-state index contributed by atoms with van der Waals surface area (Å²) in [6.45, 7) is -3.06. The van der Waals surface area contributed by atoms with Crippen LogP contribution in [-0.2, 0) is 0 Å². The van der Waals surface area contributed by atoms with Crippen LogP contribution in [0.3, 0.4) is 0 Å². The number of nitrogens with one attached hydrogen (secondary N) is 1. The van der Waals surface area contributed by atoms with Gasteiger partial charge in [-0.3, -0.25) is 4.79 Å². The number of hydrogen-bond donors (Lipinski definition) is 2. The van der Waals surface area contributed by atoms with Crippen molar-refractivity contribution < 1.29 is 32.2 Å². The maximum Gasteiger partial charge on any atom is 0.387 e. The number of hydrogen-bond acceptors (Lipinski definition) is 5. The lowest BCUT2D eigenvalue weighted by atomic mass is 10.1. The molecule has 11 heteroatoms. The van der Waals surface area contributed by atoms with Gasteiger partial charge < -0.3 is 24.6 Å². The van der Waals surface area contributed by atoms with Gasteiger partial charge in [-0.1, -0.05) is 0 Å². The molecule has 2 heterocycles. The van der Waals surface area contributed by atoms with E-state index < -0.39 is 47.2 Å². The molecule has 178 valence electrons. The summed E-state index contributed by atoms with van der Waals surface area (Å²) in [5, 5.41) is 12.3. The van der Waals surface area contributed by atoms with E-state index in [-0.39, 0.29) is 35.7 Å². The summed E-state index contributed by atoms with van der Waals surface area (Å²) in [7, 11) is 0. The molecule has 1 aromatic heterocycles. The first-order chi connectivity index (χ1) is 15.7. The minimum Gasteiger partial charge on any atom is -0.477 e. The van der Waals surface area contributed by atoms with E-state index in [4.69, 9.17) is 4.74 Å². The number of nitrogens with zero attached hydrogens (tertiary/aromatic N) is 2. The van der Waals surface area contributed by atoms with Gasteiger partial charge in [-0.05, 0) is 31.7 Å². The Hall–Kier alpha value is -2.82. The molecule has 2 N–H and O–H groups in total. The van der Waals surface area contributed by atoms with E-state index in [1.54, 1.807) is 0 Å². The van der Waals surface area contributed by atoms with Crippen molar-refractivity contribution >= 4 is 22.6 Å². The van der Waals surface area contributed by atoms with Crippen LogP contribution in [0.25, 0.3) is 10.9 Å². The maximum atomic E-state index is 15.3. The minimum absolute atomic E-state index is 0.0871. The van der Waals surface area contributed by atoms with E-state index in [1.165, 1.54) is 9.47 Å². The third-order valence-electron chi connectivity index (χ3n) is 6.50. The number of aromatic carboxylic acids is 1. The van der Waals surface area contributed by atoms with Crippen LogP contribution in [-0.4, -0.2) is 54.1 Å². The standard InChI is InChI=1S/C22H23F4N3O4/c23-15-5-13-17(29(12-3-4-12)8-14(19(13)30)21(31)32)20(33-22(25)26)18(15)28-7-10(16(24)9-28)6-27-11-1-2-11/h5,8,10-12,16,22,27H,1-4,6-7,9H2,(H,31,32)/t10-,16+/m0/s1. The highest BCUT2D eigenvalue weighted by atomic mass is 19.3. The Bertz CT molecular complexity index is 1160. The minimum atomic E-state index is -3.33. The summed E-state index contributed by atoms with van der Waals surface area (Å²) in [6.07, 6.45) is 3.12. The van der Waals surface area contributed by atoms with E-state index in [1.807, 2.05) is 0 Å². The van der Waals surface area contributed by atoms with Crippen LogP contribution in [0.1, 0.15) is 42.1 Å². The molecule has 1 aromatic carbocycles. The molecule has 0 bridgehead atoms. The number of alkyl halides is 3. The van der Waals surface area contributed by atoms with Crippen LogP contribution < -0.4 is 20.4 Å². The van der Waals surface area contributed by atoms with Crippen LogP contribution in [0.4, 0.5) is 23.2 Å². The van der Waals surface area contributed by atoms with Gasteiger partial charge in [-0.2, -0.15) is 8.78 Å². The lowest BCUT2D eigenvalue weighted by molar-refractivity contribution is -0.0488. The number of benzene rings is 1. The zero-order valence-electron chi connectivity index (χ0n) is 17.6. The summed E-state index contributed by atoms with van der Waals surface area (Å²) < 4.78 is 63.1. The highest BCUT2D eigenvalue weighted by Gasteiger charge is 2.38. The van der Waals surface area contributed by atoms with Gasteiger partial charge in [-0.25, -0.2) is 13.6 Å². The molecule has 5 rings (SSSR count). The van der Waals surface area contributed by atoms with Gasteiger partial charge in [0.25, 0.3) is 0 Å². The monoisotopic (exact) mass is 469 g/mol. The third-order valence-corrected chi connectivity index (χ3v) is 6.50. The first-order valence-electron chi connectivity index (χ1n) is 11.0. The molecule has 3 aliphatic rings.